The summed E-state index contributed by atoms with van der Waals surface area (Å²) in [6.45, 7) is 1.86. The second-order valence-corrected chi connectivity index (χ2v) is 9.47. The second kappa shape index (κ2) is 9.16. The maximum absolute atomic E-state index is 13.0. The molecule has 30 heavy (non-hydrogen) atoms. The highest BCUT2D eigenvalue weighted by Gasteiger charge is 2.33. The first-order valence-electron chi connectivity index (χ1n) is 9.48. The van der Waals surface area contributed by atoms with Crippen LogP contribution in [0.5, 0.6) is 5.75 Å². The molecule has 2 aromatic carbocycles. The van der Waals surface area contributed by atoms with Gasteiger partial charge in [0, 0.05) is 24.3 Å². The standard InChI is InChI=1S/C21H23ClN2O5S/c1-14(25)15-5-3-7-17(11-15)23-21(26)16-6-4-10-24(13-16)30(27,28)18-8-9-20(29-2)19(22)12-18/h3,5,7-9,11-12,16H,4,6,10,13H2,1-2H3,(H,23,26). The Morgan fingerprint density at radius 2 is 1.97 bits per heavy atom. The van der Waals surface area contributed by atoms with Crippen molar-refractivity contribution in [1.29, 1.82) is 0 Å². The smallest absolute Gasteiger partial charge is 0.243 e. The molecular weight excluding hydrogens is 428 g/mol. The third-order valence-corrected chi connectivity index (χ3v) is 7.21. The van der Waals surface area contributed by atoms with Gasteiger partial charge in [-0.1, -0.05) is 23.7 Å². The number of hydrogen-bond donors (Lipinski definition) is 1. The number of methoxy groups -OCH3 is 1. The van der Waals surface area contributed by atoms with Crippen molar-refractivity contribution < 1.29 is 22.7 Å². The van der Waals surface area contributed by atoms with Gasteiger partial charge in [-0.25, -0.2) is 8.42 Å². The number of ketones is 1. The molecule has 1 aliphatic heterocycles. The van der Waals surface area contributed by atoms with E-state index in [9.17, 15) is 18.0 Å². The number of carbonyl (C=O) groups excluding carboxylic acids is 2. The van der Waals surface area contributed by atoms with E-state index in [4.69, 9.17) is 16.3 Å². The number of amides is 1. The lowest BCUT2D eigenvalue weighted by molar-refractivity contribution is -0.120. The molecule has 1 aliphatic rings. The molecule has 1 atom stereocenters. The van der Waals surface area contributed by atoms with Crippen LogP contribution < -0.4 is 10.1 Å². The molecule has 1 saturated heterocycles. The number of halogens is 1. The summed E-state index contributed by atoms with van der Waals surface area (Å²) in [6.07, 6.45) is 1.14. The molecule has 0 saturated carbocycles. The monoisotopic (exact) mass is 450 g/mol. The quantitative estimate of drug-likeness (QED) is 0.679. The molecule has 0 bridgehead atoms. The van der Waals surface area contributed by atoms with Crippen molar-refractivity contribution in [2.24, 2.45) is 5.92 Å². The molecule has 1 fully saturated rings. The Morgan fingerprint density at radius 1 is 1.20 bits per heavy atom. The molecule has 0 aromatic heterocycles. The van der Waals surface area contributed by atoms with E-state index in [0.29, 0.717) is 36.4 Å². The third kappa shape index (κ3) is 4.83. The van der Waals surface area contributed by atoms with Gasteiger partial charge in [-0.2, -0.15) is 4.31 Å². The van der Waals surface area contributed by atoms with Crippen molar-refractivity contribution in [2.75, 3.05) is 25.5 Å². The lowest BCUT2D eigenvalue weighted by Crippen LogP contribution is -2.43. The molecule has 1 N–H and O–H groups in total. The van der Waals surface area contributed by atoms with Gasteiger partial charge < -0.3 is 10.1 Å². The molecule has 2 aromatic rings. The zero-order chi connectivity index (χ0) is 21.9. The SMILES string of the molecule is COc1ccc(S(=O)(=O)N2CCCC(C(=O)Nc3cccc(C(C)=O)c3)C2)cc1Cl. The lowest BCUT2D eigenvalue weighted by Gasteiger charge is -2.31. The summed E-state index contributed by atoms with van der Waals surface area (Å²) in [5, 5.41) is 3.00. The Hall–Kier alpha value is -2.42. The van der Waals surface area contributed by atoms with Crippen LogP contribution in [0.25, 0.3) is 0 Å². The van der Waals surface area contributed by atoms with Crippen LogP contribution in [0.15, 0.2) is 47.4 Å². The van der Waals surface area contributed by atoms with Crippen molar-refractivity contribution >= 4 is 39.0 Å². The van der Waals surface area contributed by atoms with E-state index >= 15 is 0 Å². The Bertz CT molecular complexity index is 1070. The summed E-state index contributed by atoms with van der Waals surface area (Å²) in [4.78, 5) is 24.3. The molecule has 7 nitrogen and oxygen atoms in total. The zero-order valence-corrected chi connectivity index (χ0v) is 18.3. The van der Waals surface area contributed by atoms with E-state index in [-0.39, 0.29) is 28.2 Å². The van der Waals surface area contributed by atoms with Crippen LogP contribution in [0.2, 0.25) is 5.02 Å². The summed E-state index contributed by atoms with van der Waals surface area (Å²) in [5.41, 5.74) is 1.01. The first kappa shape index (κ1) is 22.3. The number of hydrogen-bond acceptors (Lipinski definition) is 5. The van der Waals surface area contributed by atoms with Gasteiger partial charge >= 0.3 is 0 Å². The summed E-state index contributed by atoms with van der Waals surface area (Å²) < 4.78 is 32.5. The number of sulfonamides is 1. The Morgan fingerprint density at radius 3 is 2.63 bits per heavy atom. The van der Waals surface area contributed by atoms with Crippen molar-refractivity contribution in [3.8, 4) is 5.75 Å². The molecule has 1 heterocycles. The maximum atomic E-state index is 13.0. The fraction of sp³-hybridized carbons (Fsp3) is 0.333. The highest BCUT2D eigenvalue weighted by atomic mass is 35.5. The minimum absolute atomic E-state index is 0.0588. The first-order valence-corrected chi connectivity index (χ1v) is 11.3. The Balaban J connectivity index is 1.74. The van der Waals surface area contributed by atoms with E-state index in [1.54, 1.807) is 24.3 Å². The van der Waals surface area contributed by atoms with Crippen LogP contribution in [0.1, 0.15) is 30.1 Å². The van der Waals surface area contributed by atoms with E-state index < -0.39 is 15.9 Å². The molecule has 1 unspecified atom stereocenters. The normalized spacial score (nSPS) is 17.4. The van der Waals surface area contributed by atoms with E-state index in [1.165, 1.54) is 36.5 Å². The Labute approximate surface area is 181 Å². The van der Waals surface area contributed by atoms with Crippen molar-refractivity contribution in [1.82, 2.24) is 4.31 Å². The third-order valence-electron chi connectivity index (χ3n) is 5.05. The minimum Gasteiger partial charge on any atom is -0.495 e. The van der Waals surface area contributed by atoms with Gasteiger partial charge in [-0.15, -0.1) is 0 Å². The largest absolute Gasteiger partial charge is 0.495 e. The topological polar surface area (TPSA) is 92.8 Å². The van der Waals surface area contributed by atoms with Gasteiger partial charge in [-0.3, -0.25) is 9.59 Å². The van der Waals surface area contributed by atoms with Gasteiger partial charge in [0.1, 0.15) is 5.75 Å². The second-order valence-electron chi connectivity index (χ2n) is 7.12. The number of piperidine rings is 1. The number of nitrogens with one attached hydrogen (secondary N) is 1. The number of carbonyl (C=O) groups is 2. The van der Waals surface area contributed by atoms with E-state index in [1.807, 2.05) is 0 Å². The fourth-order valence-corrected chi connectivity index (χ4v) is 5.26. The van der Waals surface area contributed by atoms with Gasteiger partial charge in [0.05, 0.1) is 22.9 Å². The van der Waals surface area contributed by atoms with Crippen LogP contribution >= 0.6 is 11.6 Å². The van der Waals surface area contributed by atoms with Crippen molar-refractivity contribution in [3.05, 3.63) is 53.1 Å². The number of benzene rings is 2. The van der Waals surface area contributed by atoms with E-state index in [0.717, 1.165) is 0 Å². The number of rotatable bonds is 6. The first-order chi connectivity index (χ1) is 14.2. The molecule has 160 valence electrons. The van der Waals surface area contributed by atoms with E-state index in [2.05, 4.69) is 5.32 Å². The summed E-state index contributed by atoms with van der Waals surface area (Å²) in [5.74, 6) is -0.481. The Kier molecular flexibility index (Phi) is 6.80. The molecule has 0 spiro atoms. The average molecular weight is 451 g/mol. The minimum atomic E-state index is -3.80. The maximum Gasteiger partial charge on any atom is 0.243 e. The summed E-state index contributed by atoms with van der Waals surface area (Å²) in [6, 6.07) is 11.0. The number of Topliss-reactive ketones (excluding diaryl/α,β-unsaturated/α-hetero) is 1. The molecule has 9 heteroatoms. The predicted octanol–water partition coefficient (Wildman–Crippen LogP) is 3.59. The van der Waals surface area contributed by atoms with Crippen molar-refractivity contribution in [3.63, 3.8) is 0 Å². The zero-order valence-electron chi connectivity index (χ0n) is 16.7. The molecule has 3 rings (SSSR count). The highest BCUT2D eigenvalue weighted by Crippen LogP contribution is 2.30. The molecule has 1 amide bonds. The highest BCUT2D eigenvalue weighted by molar-refractivity contribution is 7.89. The lowest BCUT2D eigenvalue weighted by atomic mass is 9.98. The summed E-state index contributed by atoms with van der Waals surface area (Å²) in [7, 11) is -2.34. The van der Waals surface area contributed by atoms with Gasteiger partial charge in [-0.05, 0) is 50.1 Å². The van der Waals surface area contributed by atoms with Crippen LogP contribution in [-0.4, -0.2) is 44.6 Å². The predicted molar refractivity (Wildman–Crippen MR) is 115 cm³/mol. The fourth-order valence-electron chi connectivity index (χ4n) is 3.39. The van der Waals surface area contributed by atoms with Gasteiger partial charge in [0.25, 0.3) is 0 Å². The molecular formula is C21H23ClN2O5S. The number of nitrogens with zero attached hydrogens (tertiary/aromatic N) is 1. The molecule has 0 aliphatic carbocycles. The summed E-state index contributed by atoms with van der Waals surface area (Å²) >= 11 is 6.08. The molecule has 0 radical (unpaired) electrons. The van der Waals surface area contributed by atoms with Crippen LogP contribution in [0, 0.1) is 5.92 Å². The van der Waals surface area contributed by atoms with Gasteiger partial charge in [0.2, 0.25) is 15.9 Å². The van der Waals surface area contributed by atoms with Crippen LogP contribution in [-0.2, 0) is 14.8 Å². The van der Waals surface area contributed by atoms with Crippen LogP contribution in [0.3, 0.4) is 0 Å². The van der Waals surface area contributed by atoms with Crippen LogP contribution in [0.4, 0.5) is 5.69 Å². The van der Waals surface area contributed by atoms with Crippen molar-refractivity contribution in [2.45, 2.75) is 24.7 Å². The van der Waals surface area contributed by atoms with Gasteiger partial charge in [0.15, 0.2) is 5.78 Å². The number of ether oxygens (including phenoxy) is 1. The average Bonchev–Trinajstić information content (AvgIpc) is 2.74. The number of anilines is 1.